The molecule has 0 radical (unpaired) electrons. The minimum absolute atomic E-state index is 0.168. The summed E-state index contributed by atoms with van der Waals surface area (Å²) < 4.78 is 18.3. The van der Waals surface area contributed by atoms with Crippen molar-refractivity contribution in [2.24, 2.45) is 0 Å². The molecule has 0 aliphatic rings. The van der Waals surface area contributed by atoms with Gasteiger partial charge in [-0.3, -0.25) is 9.89 Å². The van der Waals surface area contributed by atoms with Gasteiger partial charge in [0.05, 0.1) is 13.7 Å². The van der Waals surface area contributed by atoms with Crippen molar-refractivity contribution in [3.05, 3.63) is 47.8 Å². The van der Waals surface area contributed by atoms with E-state index in [1.165, 1.54) is 36.5 Å². The number of carbonyl (C=O) groups is 1. The highest BCUT2D eigenvalue weighted by Gasteiger charge is 2.08. The molecule has 0 unspecified atom stereocenters. The van der Waals surface area contributed by atoms with Crippen LogP contribution >= 0.6 is 0 Å². The molecular formula is C14H15FN4O2. The van der Waals surface area contributed by atoms with E-state index in [-0.39, 0.29) is 11.7 Å². The van der Waals surface area contributed by atoms with E-state index in [0.717, 1.165) is 0 Å². The number of hydrogen-bond donors (Lipinski definition) is 1. The van der Waals surface area contributed by atoms with Crippen LogP contribution in [0.25, 0.3) is 6.08 Å². The van der Waals surface area contributed by atoms with Crippen LogP contribution in [0.2, 0.25) is 0 Å². The van der Waals surface area contributed by atoms with E-state index in [4.69, 9.17) is 4.74 Å². The van der Waals surface area contributed by atoms with Crippen LogP contribution in [0.1, 0.15) is 11.4 Å². The Balaban J connectivity index is 1.99. The van der Waals surface area contributed by atoms with Crippen molar-refractivity contribution in [2.75, 3.05) is 14.2 Å². The molecule has 0 spiro atoms. The van der Waals surface area contributed by atoms with Crippen LogP contribution < -0.4 is 4.74 Å². The lowest BCUT2D eigenvalue weighted by Gasteiger charge is -2.12. The highest BCUT2D eigenvalue weighted by Crippen LogP contribution is 2.18. The number of halogens is 1. The molecule has 0 atom stereocenters. The summed E-state index contributed by atoms with van der Waals surface area (Å²) in [5.41, 5.74) is 0.578. The van der Waals surface area contributed by atoms with E-state index in [1.807, 2.05) is 0 Å². The van der Waals surface area contributed by atoms with Gasteiger partial charge in [-0.15, -0.1) is 0 Å². The van der Waals surface area contributed by atoms with E-state index in [0.29, 0.717) is 17.9 Å². The maximum Gasteiger partial charge on any atom is 0.246 e. The molecule has 0 saturated carbocycles. The number of methoxy groups -OCH3 is 1. The maximum atomic E-state index is 13.5. The first-order chi connectivity index (χ1) is 10.1. The van der Waals surface area contributed by atoms with Crippen molar-refractivity contribution in [1.82, 2.24) is 20.1 Å². The predicted octanol–water partition coefficient (Wildman–Crippen LogP) is 1.62. The van der Waals surface area contributed by atoms with Gasteiger partial charge in [-0.25, -0.2) is 9.37 Å². The molecule has 1 aromatic carbocycles. The summed E-state index contributed by atoms with van der Waals surface area (Å²) in [7, 11) is 3.04. The van der Waals surface area contributed by atoms with Gasteiger partial charge in [0.15, 0.2) is 11.6 Å². The van der Waals surface area contributed by atoms with Gasteiger partial charge in [-0.2, -0.15) is 5.10 Å². The second kappa shape index (κ2) is 6.65. The van der Waals surface area contributed by atoms with E-state index in [1.54, 1.807) is 19.2 Å². The third-order valence-electron chi connectivity index (χ3n) is 2.82. The molecule has 1 N–H and O–H groups in total. The lowest BCUT2D eigenvalue weighted by molar-refractivity contribution is -0.125. The van der Waals surface area contributed by atoms with Gasteiger partial charge in [-0.05, 0) is 23.8 Å². The van der Waals surface area contributed by atoms with Crippen LogP contribution in [0, 0.1) is 5.82 Å². The standard InChI is InChI=1S/C14H15FN4O2/c1-19(8-13-16-9-17-18-13)14(20)6-4-10-3-5-12(21-2)11(15)7-10/h3-7,9H,8H2,1-2H3,(H,16,17,18). The summed E-state index contributed by atoms with van der Waals surface area (Å²) in [6.45, 7) is 0.320. The summed E-state index contributed by atoms with van der Waals surface area (Å²) in [4.78, 5) is 17.3. The quantitative estimate of drug-likeness (QED) is 0.849. The van der Waals surface area contributed by atoms with Crippen molar-refractivity contribution < 1.29 is 13.9 Å². The van der Waals surface area contributed by atoms with Crippen LogP contribution in [-0.4, -0.2) is 40.1 Å². The van der Waals surface area contributed by atoms with Crippen LogP contribution in [0.3, 0.4) is 0 Å². The normalized spacial score (nSPS) is 10.8. The molecule has 2 rings (SSSR count). The number of aromatic nitrogens is 3. The van der Waals surface area contributed by atoms with Crippen LogP contribution in [0.4, 0.5) is 4.39 Å². The number of ether oxygens (including phenoxy) is 1. The Morgan fingerprint density at radius 2 is 2.33 bits per heavy atom. The summed E-state index contributed by atoms with van der Waals surface area (Å²) in [6, 6.07) is 4.49. The number of carbonyl (C=O) groups excluding carboxylic acids is 1. The lowest BCUT2D eigenvalue weighted by Crippen LogP contribution is -2.24. The number of nitrogens with one attached hydrogen (secondary N) is 1. The first-order valence-electron chi connectivity index (χ1n) is 6.21. The number of hydrogen-bond acceptors (Lipinski definition) is 4. The molecule has 0 saturated heterocycles. The van der Waals surface area contributed by atoms with Gasteiger partial charge in [0.2, 0.25) is 5.91 Å². The molecule has 21 heavy (non-hydrogen) atoms. The topological polar surface area (TPSA) is 71.1 Å². The Bertz CT molecular complexity index is 640. The van der Waals surface area contributed by atoms with E-state index < -0.39 is 5.82 Å². The first-order valence-corrected chi connectivity index (χ1v) is 6.21. The number of amides is 1. The van der Waals surface area contributed by atoms with Crippen LogP contribution in [0.5, 0.6) is 5.75 Å². The van der Waals surface area contributed by atoms with Crippen LogP contribution in [0.15, 0.2) is 30.6 Å². The average Bonchev–Trinajstić information content (AvgIpc) is 2.97. The lowest BCUT2D eigenvalue weighted by atomic mass is 10.2. The summed E-state index contributed by atoms with van der Waals surface area (Å²) >= 11 is 0. The predicted molar refractivity (Wildman–Crippen MR) is 74.8 cm³/mol. The third kappa shape index (κ3) is 3.88. The molecule has 0 fully saturated rings. The SMILES string of the molecule is COc1ccc(C=CC(=O)N(C)Cc2ncn[nH]2)cc1F. The second-order valence-electron chi connectivity index (χ2n) is 4.35. The monoisotopic (exact) mass is 290 g/mol. The molecule has 1 amide bonds. The molecule has 0 bridgehead atoms. The van der Waals surface area contributed by atoms with Crippen molar-refractivity contribution in [1.29, 1.82) is 0 Å². The summed E-state index contributed by atoms with van der Waals surface area (Å²) in [6.07, 6.45) is 4.29. The molecule has 7 heteroatoms. The Labute approximate surface area is 121 Å². The smallest absolute Gasteiger partial charge is 0.246 e. The zero-order chi connectivity index (χ0) is 15.2. The number of aromatic amines is 1. The Morgan fingerprint density at radius 1 is 1.52 bits per heavy atom. The first kappa shape index (κ1) is 14.7. The van der Waals surface area contributed by atoms with Crippen molar-refractivity contribution in [3.63, 3.8) is 0 Å². The molecule has 110 valence electrons. The van der Waals surface area contributed by atoms with Gasteiger partial charge in [0, 0.05) is 13.1 Å². The molecule has 1 aromatic heterocycles. The molecule has 2 aromatic rings. The summed E-state index contributed by atoms with van der Waals surface area (Å²) in [5, 5.41) is 6.38. The third-order valence-corrected chi connectivity index (χ3v) is 2.82. The number of nitrogens with zero attached hydrogens (tertiary/aromatic N) is 3. The van der Waals surface area contributed by atoms with E-state index in [2.05, 4.69) is 15.2 Å². The molecule has 0 aliphatic heterocycles. The Hall–Kier alpha value is -2.70. The van der Waals surface area contributed by atoms with Gasteiger partial charge in [-0.1, -0.05) is 6.07 Å². The fourth-order valence-electron chi connectivity index (χ4n) is 1.69. The molecule has 1 heterocycles. The number of likely N-dealkylation sites (N-methyl/N-ethyl adjacent to an activating group) is 1. The molecule has 0 aliphatic carbocycles. The Kier molecular flexibility index (Phi) is 4.65. The zero-order valence-corrected chi connectivity index (χ0v) is 11.7. The van der Waals surface area contributed by atoms with Gasteiger partial charge < -0.3 is 9.64 Å². The minimum Gasteiger partial charge on any atom is -0.494 e. The molecular weight excluding hydrogens is 275 g/mol. The molecule has 6 nitrogen and oxygen atoms in total. The number of H-pyrrole nitrogens is 1. The average molecular weight is 290 g/mol. The van der Waals surface area contributed by atoms with E-state index in [9.17, 15) is 9.18 Å². The van der Waals surface area contributed by atoms with Gasteiger partial charge >= 0.3 is 0 Å². The minimum atomic E-state index is -0.470. The number of rotatable bonds is 5. The van der Waals surface area contributed by atoms with E-state index >= 15 is 0 Å². The van der Waals surface area contributed by atoms with Crippen molar-refractivity contribution in [3.8, 4) is 5.75 Å². The second-order valence-corrected chi connectivity index (χ2v) is 4.35. The fraction of sp³-hybridized carbons (Fsp3) is 0.214. The highest BCUT2D eigenvalue weighted by molar-refractivity contribution is 5.91. The van der Waals surface area contributed by atoms with Crippen molar-refractivity contribution >= 4 is 12.0 Å². The largest absolute Gasteiger partial charge is 0.494 e. The zero-order valence-electron chi connectivity index (χ0n) is 11.7. The van der Waals surface area contributed by atoms with Crippen LogP contribution in [-0.2, 0) is 11.3 Å². The Morgan fingerprint density at radius 3 is 2.95 bits per heavy atom. The number of benzene rings is 1. The summed E-state index contributed by atoms with van der Waals surface area (Å²) in [5.74, 6) is 0.0698. The fourth-order valence-corrected chi connectivity index (χ4v) is 1.69. The highest BCUT2D eigenvalue weighted by atomic mass is 19.1. The van der Waals surface area contributed by atoms with Crippen molar-refractivity contribution in [2.45, 2.75) is 6.54 Å². The maximum absolute atomic E-state index is 13.5. The van der Waals surface area contributed by atoms with Gasteiger partial charge in [0.25, 0.3) is 0 Å². The van der Waals surface area contributed by atoms with Gasteiger partial charge in [0.1, 0.15) is 12.2 Å².